The van der Waals surface area contributed by atoms with E-state index in [2.05, 4.69) is 31.3 Å². The maximum atomic E-state index is 12.3. The number of nitrogens with two attached hydrogens (primary N) is 1. The normalized spacial score (nSPS) is 17.7. The molecule has 3 nitrogen and oxygen atoms in total. The van der Waals surface area contributed by atoms with Crippen molar-refractivity contribution in [3.8, 4) is 0 Å². The molecule has 116 valence electrons. The van der Waals surface area contributed by atoms with Gasteiger partial charge in [-0.3, -0.25) is 4.79 Å². The van der Waals surface area contributed by atoms with Crippen LogP contribution in [0, 0.1) is 5.41 Å². The minimum absolute atomic E-state index is 0.0280. The summed E-state index contributed by atoms with van der Waals surface area (Å²) in [5, 5.41) is 3.02. The standard InChI is InChI=1S/C18H28N2O/c1-14(2)15-6-8-16(9-7-15)20-17(21)12-18(13-19)10-4-3-5-11-18/h6-9,14H,3-5,10-13,19H2,1-2H3,(H,20,21). The van der Waals surface area contributed by atoms with Gasteiger partial charge in [0.05, 0.1) is 0 Å². The monoisotopic (exact) mass is 288 g/mol. The summed E-state index contributed by atoms with van der Waals surface area (Å²) in [6.45, 7) is 4.95. The summed E-state index contributed by atoms with van der Waals surface area (Å²) >= 11 is 0. The molecule has 0 saturated heterocycles. The highest BCUT2D eigenvalue weighted by atomic mass is 16.1. The number of anilines is 1. The summed E-state index contributed by atoms with van der Waals surface area (Å²) in [6, 6.07) is 8.14. The van der Waals surface area contributed by atoms with Crippen molar-refractivity contribution >= 4 is 11.6 Å². The molecule has 1 saturated carbocycles. The summed E-state index contributed by atoms with van der Waals surface area (Å²) in [5.41, 5.74) is 8.15. The molecule has 3 heteroatoms. The van der Waals surface area contributed by atoms with E-state index in [-0.39, 0.29) is 11.3 Å². The molecule has 21 heavy (non-hydrogen) atoms. The van der Waals surface area contributed by atoms with E-state index >= 15 is 0 Å². The van der Waals surface area contributed by atoms with Crippen LogP contribution in [0.15, 0.2) is 24.3 Å². The fourth-order valence-corrected chi connectivity index (χ4v) is 3.25. The maximum absolute atomic E-state index is 12.3. The number of carbonyl (C=O) groups is 1. The number of amides is 1. The molecule has 1 aliphatic rings. The third-order valence-electron chi connectivity index (χ3n) is 4.74. The molecule has 0 radical (unpaired) electrons. The molecule has 1 amide bonds. The van der Waals surface area contributed by atoms with Gasteiger partial charge in [0, 0.05) is 12.1 Å². The number of rotatable bonds is 5. The van der Waals surface area contributed by atoms with Crippen molar-refractivity contribution in [1.29, 1.82) is 0 Å². The van der Waals surface area contributed by atoms with E-state index < -0.39 is 0 Å². The van der Waals surface area contributed by atoms with Crippen LogP contribution < -0.4 is 11.1 Å². The van der Waals surface area contributed by atoms with Gasteiger partial charge in [0.2, 0.25) is 5.91 Å². The van der Waals surface area contributed by atoms with Crippen LogP contribution in [-0.4, -0.2) is 12.5 Å². The van der Waals surface area contributed by atoms with Gasteiger partial charge in [0.1, 0.15) is 0 Å². The first-order chi connectivity index (χ1) is 10.0. The van der Waals surface area contributed by atoms with Crippen LogP contribution in [-0.2, 0) is 4.79 Å². The molecule has 1 aromatic carbocycles. The van der Waals surface area contributed by atoms with Gasteiger partial charge in [-0.15, -0.1) is 0 Å². The van der Waals surface area contributed by atoms with Crippen LogP contribution >= 0.6 is 0 Å². The molecule has 3 N–H and O–H groups in total. The molecule has 1 aliphatic carbocycles. The minimum atomic E-state index is 0.0280. The Balaban J connectivity index is 1.94. The first-order valence-corrected chi connectivity index (χ1v) is 8.14. The molecule has 0 spiro atoms. The third-order valence-corrected chi connectivity index (χ3v) is 4.74. The summed E-state index contributed by atoms with van der Waals surface area (Å²) in [7, 11) is 0. The Bertz CT molecular complexity index is 459. The van der Waals surface area contributed by atoms with Gasteiger partial charge in [-0.2, -0.15) is 0 Å². The Morgan fingerprint density at radius 1 is 1.19 bits per heavy atom. The van der Waals surface area contributed by atoms with Crippen molar-refractivity contribution in [3.05, 3.63) is 29.8 Å². The predicted octanol–water partition coefficient (Wildman–Crippen LogP) is 4.05. The van der Waals surface area contributed by atoms with Crippen molar-refractivity contribution < 1.29 is 4.79 Å². The highest BCUT2D eigenvalue weighted by Gasteiger charge is 2.32. The zero-order valence-corrected chi connectivity index (χ0v) is 13.3. The SMILES string of the molecule is CC(C)c1ccc(NC(=O)CC2(CN)CCCCC2)cc1. The van der Waals surface area contributed by atoms with E-state index in [1.54, 1.807) is 0 Å². The first kappa shape index (κ1) is 16.0. The average molecular weight is 288 g/mol. The maximum Gasteiger partial charge on any atom is 0.224 e. The molecule has 0 heterocycles. The number of hydrogen-bond acceptors (Lipinski definition) is 2. The first-order valence-electron chi connectivity index (χ1n) is 8.14. The summed E-state index contributed by atoms with van der Waals surface area (Å²) in [4.78, 5) is 12.3. The number of hydrogen-bond donors (Lipinski definition) is 2. The number of nitrogens with one attached hydrogen (secondary N) is 1. The second-order valence-electron chi connectivity index (χ2n) is 6.77. The Morgan fingerprint density at radius 2 is 1.81 bits per heavy atom. The summed E-state index contributed by atoms with van der Waals surface area (Å²) in [5.74, 6) is 0.608. The molecule has 1 aromatic rings. The van der Waals surface area contributed by atoms with Crippen molar-refractivity contribution in [2.24, 2.45) is 11.1 Å². The molecule has 0 bridgehead atoms. The molecule has 0 atom stereocenters. The van der Waals surface area contributed by atoms with E-state index in [0.717, 1.165) is 18.5 Å². The third kappa shape index (κ3) is 4.31. The van der Waals surface area contributed by atoms with Crippen LogP contribution in [0.25, 0.3) is 0 Å². The molecule has 2 rings (SSSR count). The van der Waals surface area contributed by atoms with Gasteiger partial charge < -0.3 is 11.1 Å². The molecule has 0 aliphatic heterocycles. The minimum Gasteiger partial charge on any atom is -0.330 e. The Kier molecular flexibility index (Phi) is 5.40. The van der Waals surface area contributed by atoms with Crippen LogP contribution in [0.4, 0.5) is 5.69 Å². The zero-order chi connectivity index (χ0) is 15.3. The average Bonchev–Trinajstić information content (AvgIpc) is 2.48. The number of carbonyl (C=O) groups excluding carboxylic acids is 1. The van der Waals surface area contributed by atoms with Gasteiger partial charge in [0.25, 0.3) is 0 Å². The van der Waals surface area contributed by atoms with Gasteiger partial charge >= 0.3 is 0 Å². The lowest BCUT2D eigenvalue weighted by atomic mass is 9.71. The summed E-state index contributed by atoms with van der Waals surface area (Å²) < 4.78 is 0. The van der Waals surface area contributed by atoms with Crippen molar-refractivity contribution in [2.45, 2.75) is 58.3 Å². The lowest BCUT2D eigenvalue weighted by Gasteiger charge is -2.35. The van der Waals surface area contributed by atoms with E-state index in [4.69, 9.17) is 5.73 Å². The van der Waals surface area contributed by atoms with Crippen molar-refractivity contribution in [2.75, 3.05) is 11.9 Å². The fourth-order valence-electron chi connectivity index (χ4n) is 3.25. The zero-order valence-electron chi connectivity index (χ0n) is 13.3. The van der Waals surface area contributed by atoms with Crippen LogP contribution in [0.5, 0.6) is 0 Å². The van der Waals surface area contributed by atoms with Gasteiger partial charge in [0.15, 0.2) is 0 Å². The molecule has 1 fully saturated rings. The van der Waals surface area contributed by atoms with Gasteiger partial charge in [-0.05, 0) is 48.4 Å². The lowest BCUT2D eigenvalue weighted by Crippen LogP contribution is -2.36. The van der Waals surface area contributed by atoms with Crippen LogP contribution in [0.2, 0.25) is 0 Å². The van der Waals surface area contributed by atoms with Crippen LogP contribution in [0.1, 0.15) is 63.9 Å². The summed E-state index contributed by atoms with van der Waals surface area (Å²) in [6.07, 6.45) is 6.41. The highest BCUT2D eigenvalue weighted by molar-refractivity contribution is 5.91. The quantitative estimate of drug-likeness (QED) is 0.859. The smallest absolute Gasteiger partial charge is 0.224 e. The molecule has 0 aromatic heterocycles. The van der Waals surface area contributed by atoms with E-state index in [0.29, 0.717) is 18.9 Å². The largest absolute Gasteiger partial charge is 0.330 e. The second-order valence-corrected chi connectivity index (χ2v) is 6.77. The van der Waals surface area contributed by atoms with Gasteiger partial charge in [-0.1, -0.05) is 45.2 Å². The van der Waals surface area contributed by atoms with E-state index in [9.17, 15) is 4.79 Å². The predicted molar refractivity (Wildman–Crippen MR) is 88.4 cm³/mol. The molecular formula is C18H28N2O. The van der Waals surface area contributed by atoms with Gasteiger partial charge in [-0.25, -0.2) is 0 Å². The van der Waals surface area contributed by atoms with Crippen molar-refractivity contribution in [1.82, 2.24) is 0 Å². The Morgan fingerprint density at radius 3 is 2.33 bits per heavy atom. The molecule has 0 unspecified atom stereocenters. The second kappa shape index (κ2) is 7.08. The lowest BCUT2D eigenvalue weighted by molar-refractivity contribution is -0.118. The number of benzene rings is 1. The Hall–Kier alpha value is -1.35. The van der Waals surface area contributed by atoms with E-state index in [1.165, 1.54) is 24.8 Å². The van der Waals surface area contributed by atoms with Crippen molar-refractivity contribution in [3.63, 3.8) is 0 Å². The Labute approximate surface area is 128 Å². The topological polar surface area (TPSA) is 55.1 Å². The van der Waals surface area contributed by atoms with E-state index in [1.807, 2.05) is 12.1 Å². The van der Waals surface area contributed by atoms with Crippen LogP contribution in [0.3, 0.4) is 0 Å². The molecular weight excluding hydrogens is 260 g/mol. The highest BCUT2D eigenvalue weighted by Crippen LogP contribution is 2.38. The fraction of sp³-hybridized carbons (Fsp3) is 0.611.